The van der Waals surface area contributed by atoms with Crippen molar-refractivity contribution in [3.8, 4) is 0 Å². The molecule has 58 heavy (non-hydrogen) atoms. The highest BCUT2D eigenvalue weighted by Gasteiger charge is 2.31. The van der Waals surface area contributed by atoms with Crippen LogP contribution in [0.15, 0.2) is 67.8 Å². The summed E-state index contributed by atoms with van der Waals surface area (Å²) in [6, 6.07) is 0.428. The number of allylic oxidation sites excluding steroid dienone is 1. The molecule has 0 aromatic carbocycles. The van der Waals surface area contributed by atoms with Crippen LogP contribution in [0.5, 0.6) is 0 Å². The minimum absolute atomic E-state index is 0.0272. The molecule has 0 spiro atoms. The van der Waals surface area contributed by atoms with Gasteiger partial charge in [0, 0.05) is 97.1 Å². The van der Waals surface area contributed by atoms with Crippen LogP contribution in [0.2, 0.25) is 0 Å². The maximum atomic E-state index is 11.1. The molecule has 0 radical (unpaired) electrons. The summed E-state index contributed by atoms with van der Waals surface area (Å²) in [6.45, 7) is 46.9. The van der Waals surface area contributed by atoms with Gasteiger partial charge in [0.2, 0.25) is 11.8 Å². The van der Waals surface area contributed by atoms with Gasteiger partial charge in [0.1, 0.15) is 12.1 Å². The van der Waals surface area contributed by atoms with E-state index in [9.17, 15) is 14.4 Å². The fourth-order valence-electron chi connectivity index (χ4n) is 6.11. The Morgan fingerprint density at radius 1 is 0.690 bits per heavy atom. The monoisotopic (exact) mass is 810 g/mol. The van der Waals surface area contributed by atoms with Crippen LogP contribution >= 0.6 is 0 Å². The second kappa shape index (κ2) is 21.4. The van der Waals surface area contributed by atoms with Gasteiger partial charge in [-0.2, -0.15) is 0 Å². The first-order valence-electron chi connectivity index (χ1n) is 20.5. The van der Waals surface area contributed by atoms with E-state index >= 15 is 0 Å². The number of hydrogen-bond donors (Lipinski definition) is 2. The summed E-state index contributed by atoms with van der Waals surface area (Å²) in [5.74, 6) is 1.47. The van der Waals surface area contributed by atoms with E-state index in [1.807, 2.05) is 89.9 Å². The molecule has 14 nitrogen and oxygen atoms in total. The normalized spacial score (nSPS) is 17.8. The highest BCUT2D eigenvalue weighted by molar-refractivity contribution is 5.82. The first kappa shape index (κ1) is 51.4. The molecule has 2 saturated heterocycles. The number of rotatable bonds is 1. The lowest BCUT2D eigenvalue weighted by Crippen LogP contribution is -2.43. The minimum Gasteiger partial charge on any atom is -0.363 e. The van der Waals surface area contributed by atoms with Gasteiger partial charge >= 0.3 is 6.03 Å². The van der Waals surface area contributed by atoms with E-state index in [0.29, 0.717) is 18.4 Å². The zero-order valence-corrected chi connectivity index (χ0v) is 39.2. The lowest BCUT2D eigenvalue weighted by molar-refractivity contribution is -0.132. The molecule has 6 heterocycles. The topological polar surface area (TPSA) is 135 Å². The first-order valence-corrected chi connectivity index (χ1v) is 20.5. The number of hydrogen-bond acceptors (Lipinski definition) is 9. The van der Waals surface area contributed by atoms with E-state index in [1.54, 1.807) is 15.9 Å². The standard InChI is InChI=1S/C9H15N.C8H14N2.C8H15NO.C8H13NO.C7H14N2O.C4H8N4/c1-8-6-5-7-10(8)9(2,3)4;1-7-9-5-6-10(7)8(2,3)4;2*1-8(2,3)9-6-4-5-7(9)10;1-7(2,3)9-5-4-8-6(9)10;1-4(2)8-3-5-6-7-8/h5-6H,1,7H2,2-4H3;5-6,9H,1H2,2-4H3;4-6H2,1-3H3;4,6H,5H2,1-3H3;4-5H2,1-3H3,(H,8,10);3-4H,1-2H3. The minimum atomic E-state index is -0.0515. The third-order valence-electron chi connectivity index (χ3n) is 9.22. The van der Waals surface area contributed by atoms with Crippen LogP contribution in [0.1, 0.15) is 143 Å². The van der Waals surface area contributed by atoms with Gasteiger partial charge in [0.05, 0.1) is 0 Å². The van der Waals surface area contributed by atoms with Crippen molar-refractivity contribution in [2.45, 2.75) is 171 Å². The number of nitrogens with one attached hydrogen (secondary N) is 2. The van der Waals surface area contributed by atoms with Crippen molar-refractivity contribution < 1.29 is 14.4 Å². The fraction of sp³-hybridized carbons (Fsp3) is 0.682. The van der Waals surface area contributed by atoms with E-state index in [2.05, 4.69) is 124 Å². The molecule has 4 amide bonds. The molecule has 1 aromatic heterocycles. The zero-order valence-electron chi connectivity index (χ0n) is 39.2. The molecule has 0 saturated carbocycles. The van der Waals surface area contributed by atoms with E-state index in [-0.39, 0.29) is 39.6 Å². The number of aromatic nitrogens is 4. The highest BCUT2D eigenvalue weighted by atomic mass is 16.2. The molecule has 0 bridgehead atoms. The van der Waals surface area contributed by atoms with Gasteiger partial charge in [-0.15, -0.1) is 5.10 Å². The average Bonchev–Trinajstić information content (AvgIpc) is 3.90. The Labute approximate surface area is 351 Å². The summed E-state index contributed by atoms with van der Waals surface area (Å²) in [6.07, 6.45) is 15.8. The number of urea groups is 1. The fourth-order valence-corrected chi connectivity index (χ4v) is 6.11. The Morgan fingerprint density at radius 2 is 1.26 bits per heavy atom. The summed E-state index contributed by atoms with van der Waals surface area (Å²) < 4.78 is 1.69. The third kappa shape index (κ3) is 17.5. The van der Waals surface area contributed by atoms with E-state index < -0.39 is 0 Å². The lowest BCUT2D eigenvalue weighted by atomic mass is 10.1. The van der Waals surface area contributed by atoms with E-state index in [4.69, 9.17) is 0 Å². The van der Waals surface area contributed by atoms with Gasteiger partial charge in [0.25, 0.3) is 0 Å². The number of nitrogens with zero attached hydrogens (tertiary/aromatic N) is 9. The van der Waals surface area contributed by atoms with Crippen LogP contribution in [0, 0.1) is 0 Å². The molecular formula is C44H79N11O3. The SMILES string of the molecule is C=C1C=CCN1C(C)(C)C.C=C1NC=CN1C(C)(C)C.CC(C)(C)N1C=CCC1=O.CC(C)(C)N1CCCC1=O.CC(C)(C)N1CCNC1=O.CC(C)n1cnnn1. The molecule has 2 N–H and O–H groups in total. The first-order chi connectivity index (χ1) is 26.4. The molecule has 0 aliphatic carbocycles. The Balaban J connectivity index is 0.000000348. The molecule has 5 aliphatic rings. The van der Waals surface area contributed by atoms with Crippen LogP contribution in [-0.2, 0) is 9.59 Å². The predicted octanol–water partition coefficient (Wildman–Crippen LogP) is 7.81. The Hall–Kier alpha value is -4.62. The average molecular weight is 810 g/mol. The van der Waals surface area contributed by atoms with Crippen LogP contribution in [0.25, 0.3) is 0 Å². The second-order valence-corrected chi connectivity index (χ2v) is 19.9. The summed E-state index contributed by atoms with van der Waals surface area (Å²) in [7, 11) is 0. The number of carbonyl (C=O) groups excluding carboxylic acids is 3. The number of tetrazole rings is 1. The molecule has 0 unspecified atom stereocenters. The van der Waals surface area contributed by atoms with Crippen molar-refractivity contribution in [1.29, 1.82) is 0 Å². The van der Waals surface area contributed by atoms with Crippen molar-refractivity contribution in [3.63, 3.8) is 0 Å². The molecular weight excluding hydrogens is 731 g/mol. The van der Waals surface area contributed by atoms with Gasteiger partial charge in [-0.1, -0.05) is 25.3 Å². The van der Waals surface area contributed by atoms with E-state index in [1.165, 1.54) is 0 Å². The Bertz CT molecular complexity index is 1480. The van der Waals surface area contributed by atoms with E-state index in [0.717, 1.165) is 50.5 Å². The maximum absolute atomic E-state index is 11.1. The van der Waals surface area contributed by atoms with Gasteiger partial charge in [-0.05, 0) is 141 Å². The van der Waals surface area contributed by atoms with Gasteiger partial charge < -0.3 is 35.1 Å². The van der Waals surface area contributed by atoms with Crippen LogP contribution in [-0.4, -0.2) is 116 Å². The van der Waals surface area contributed by atoms with Crippen molar-refractivity contribution in [1.82, 2.24) is 55.3 Å². The van der Waals surface area contributed by atoms with Crippen LogP contribution in [0.4, 0.5) is 4.79 Å². The zero-order chi connectivity index (χ0) is 44.9. The van der Waals surface area contributed by atoms with Gasteiger partial charge in [0.15, 0.2) is 0 Å². The molecule has 6 rings (SSSR count). The Morgan fingerprint density at radius 3 is 1.47 bits per heavy atom. The quantitative estimate of drug-likeness (QED) is 0.291. The maximum Gasteiger partial charge on any atom is 0.317 e. The van der Waals surface area contributed by atoms with Crippen molar-refractivity contribution in [3.05, 3.63) is 67.8 Å². The van der Waals surface area contributed by atoms with Gasteiger partial charge in [-0.25, -0.2) is 9.48 Å². The lowest BCUT2D eigenvalue weighted by Gasteiger charge is -2.34. The summed E-state index contributed by atoms with van der Waals surface area (Å²) >= 11 is 0. The van der Waals surface area contributed by atoms with Crippen LogP contribution in [0.3, 0.4) is 0 Å². The summed E-state index contributed by atoms with van der Waals surface area (Å²) in [5, 5.41) is 16.4. The van der Waals surface area contributed by atoms with Gasteiger partial charge in [-0.3, -0.25) is 9.59 Å². The summed E-state index contributed by atoms with van der Waals surface area (Å²) in [4.78, 5) is 43.2. The second-order valence-electron chi connectivity index (χ2n) is 19.9. The largest absolute Gasteiger partial charge is 0.363 e. The van der Waals surface area contributed by atoms with Crippen molar-refractivity contribution >= 4 is 17.8 Å². The molecule has 5 aliphatic heterocycles. The number of carbonyl (C=O) groups is 3. The van der Waals surface area contributed by atoms with Crippen molar-refractivity contribution in [2.24, 2.45) is 0 Å². The molecule has 14 heteroatoms. The number of likely N-dealkylation sites (tertiary alicyclic amines) is 1. The van der Waals surface area contributed by atoms with Crippen LogP contribution < -0.4 is 10.6 Å². The Kier molecular flexibility index (Phi) is 19.0. The smallest absolute Gasteiger partial charge is 0.317 e. The molecule has 328 valence electrons. The molecule has 2 fully saturated rings. The predicted molar refractivity (Wildman–Crippen MR) is 237 cm³/mol. The number of amides is 4. The van der Waals surface area contributed by atoms with Crippen molar-refractivity contribution in [2.75, 3.05) is 26.2 Å². The molecule has 0 atom stereocenters. The molecule has 1 aromatic rings. The third-order valence-corrected chi connectivity index (χ3v) is 9.22. The highest BCUT2D eigenvalue weighted by Crippen LogP contribution is 2.24. The summed E-state index contributed by atoms with van der Waals surface area (Å²) in [5.41, 5.74) is 1.45.